The van der Waals surface area contributed by atoms with Crippen LogP contribution >= 0.6 is 11.3 Å². The van der Waals surface area contributed by atoms with Gasteiger partial charge in [-0.05, 0) is 24.9 Å². The summed E-state index contributed by atoms with van der Waals surface area (Å²) in [6.07, 6.45) is 1.26. The zero-order valence-electron chi connectivity index (χ0n) is 9.48. The van der Waals surface area contributed by atoms with E-state index in [1.54, 1.807) is 7.11 Å². The van der Waals surface area contributed by atoms with Crippen molar-refractivity contribution < 1.29 is 4.74 Å². The molecule has 1 rings (SSSR count). The molecule has 4 heteroatoms. The molecule has 3 nitrogen and oxygen atoms in total. The van der Waals surface area contributed by atoms with Crippen molar-refractivity contribution in [3.8, 4) is 0 Å². The van der Waals surface area contributed by atoms with Crippen molar-refractivity contribution in [2.45, 2.75) is 12.5 Å². The number of hydrogen-bond acceptors (Lipinski definition) is 4. The van der Waals surface area contributed by atoms with Crippen LogP contribution in [0, 0.1) is 0 Å². The number of likely N-dealkylation sites (N-methyl/N-ethyl adjacent to an activating group) is 1. The fourth-order valence-corrected chi connectivity index (χ4v) is 2.14. The van der Waals surface area contributed by atoms with Crippen LogP contribution in [0.15, 0.2) is 17.5 Å². The first-order valence-corrected chi connectivity index (χ1v) is 6.08. The number of nitrogens with two attached hydrogens (primary N) is 1. The molecule has 0 saturated heterocycles. The maximum absolute atomic E-state index is 5.57. The van der Waals surface area contributed by atoms with Crippen LogP contribution in [0.2, 0.25) is 0 Å². The standard InChI is InChI=1S/C11H20N2OS/c1-13(9-10(8-12)14-2)6-5-11-4-3-7-15-11/h3-4,7,10H,5-6,8-9,12H2,1-2H3. The molecule has 15 heavy (non-hydrogen) atoms. The lowest BCUT2D eigenvalue weighted by Crippen LogP contribution is -2.36. The lowest BCUT2D eigenvalue weighted by atomic mass is 10.3. The lowest BCUT2D eigenvalue weighted by molar-refractivity contribution is 0.0785. The Morgan fingerprint density at radius 2 is 2.40 bits per heavy atom. The van der Waals surface area contributed by atoms with E-state index in [1.165, 1.54) is 4.88 Å². The summed E-state index contributed by atoms with van der Waals surface area (Å²) >= 11 is 1.81. The molecule has 0 amide bonds. The summed E-state index contributed by atoms with van der Waals surface area (Å²) in [6.45, 7) is 2.54. The third-order valence-corrected chi connectivity index (χ3v) is 3.37. The van der Waals surface area contributed by atoms with Crippen molar-refractivity contribution in [1.29, 1.82) is 0 Å². The second-order valence-corrected chi connectivity index (χ2v) is 4.72. The molecular formula is C11H20N2OS. The van der Waals surface area contributed by atoms with Crippen molar-refractivity contribution in [3.05, 3.63) is 22.4 Å². The largest absolute Gasteiger partial charge is 0.379 e. The molecule has 2 N–H and O–H groups in total. The maximum Gasteiger partial charge on any atom is 0.0820 e. The first kappa shape index (κ1) is 12.6. The first-order chi connectivity index (χ1) is 7.26. The summed E-state index contributed by atoms with van der Waals surface area (Å²) in [4.78, 5) is 3.70. The quantitative estimate of drug-likeness (QED) is 0.762. The number of hydrogen-bond donors (Lipinski definition) is 1. The smallest absolute Gasteiger partial charge is 0.0820 e. The van der Waals surface area contributed by atoms with Crippen LogP contribution in [0.1, 0.15) is 4.88 Å². The molecule has 1 aromatic rings. The Balaban J connectivity index is 2.21. The van der Waals surface area contributed by atoms with Crippen molar-refractivity contribution in [2.24, 2.45) is 5.73 Å². The van der Waals surface area contributed by atoms with Gasteiger partial charge < -0.3 is 15.4 Å². The molecule has 1 unspecified atom stereocenters. The van der Waals surface area contributed by atoms with E-state index < -0.39 is 0 Å². The van der Waals surface area contributed by atoms with Gasteiger partial charge in [0.25, 0.3) is 0 Å². The highest BCUT2D eigenvalue weighted by Crippen LogP contribution is 2.09. The topological polar surface area (TPSA) is 38.5 Å². The maximum atomic E-state index is 5.57. The minimum Gasteiger partial charge on any atom is -0.379 e. The van der Waals surface area contributed by atoms with Gasteiger partial charge in [-0.15, -0.1) is 11.3 Å². The van der Waals surface area contributed by atoms with Gasteiger partial charge in [0, 0.05) is 31.6 Å². The van der Waals surface area contributed by atoms with Gasteiger partial charge in [0.1, 0.15) is 0 Å². The molecule has 0 spiro atoms. The number of thiophene rings is 1. The molecule has 86 valence electrons. The van der Waals surface area contributed by atoms with Crippen LogP contribution in [0.25, 0.3) is 0 Å². The molecule has 0 saturated carbocycles. The Morgan fingerprint density at radius 3 is 2.93 bits per heavy atom. The predicted molar refractivity (Wildman–Crippen MR) is 65.4 cm³/mol. The van der Waals surface area contributed by atoms with Gasteiger partial charge in [-0.1, -0.05) is 6.07 Å². The fourth-order valence-electron chi connectivity index (χ4n) is 1.44. The lowest BCUT2D eigenvalue weighted by Gasteiger charge is -2.21. The van der Waals surface area contributed by atoms with Crippen LogP contribution < -0.4 is 5.73 Å². The average molecular weight is 228 g/mol. The van der Waals surface area contributed by atoms with Crippen molar-refractivity contribution in [1.82, 2.24) is 4.90 Å². The van der Waals surface area contributed by atoms with E-state index in [0.717, 1.165) is 19.5 Å². The minimum absolute atomic E-state index is 0.151. The third-order valence-electron chi connectivity index (χ3n) is 2.43. The van der Waals surface area contributed by atoms with Gasteiger partial charge in [-0.25, -0.2) is 0 Å². The Kier molecular flexibility index (Phi) is 5.86. The average Bonchev–Trinajstić information content (AvgIpc) is 2.75. The molecule has 1 atom stereocenters. The van der Waals surface area contributed by atoms with E-state index in [2.05, 4.69) is 29.5 Å². The van der Waals surface area contributed by atoms with Gasteiger partial charge in [-0.2, -0.15) is 0 Å². The van der Waals surface area contributed by atoms with Crippen LogP contribution in [-0.2, 0) is 11.2 Å². The number of methoxy groups -OCH3 is 1. The highest BCUT2D eigenvalue weighted by Gasteiger charge is 2.08. The molecule has 0 radical (unpaired) electrons. The molecular weight excluding hydrogens is 208 g/mol. The Bertz CT molecular complexity index is 247. The predicted octanol–water partition coefficient (Wildman–Crippen LogP) is 1.20. The first-order valence-electron chi connectivity index (χ1n) is 5.20. The molecule has 0 aliphatic rings. The van der Waals surface area contributed by atoms with Gasteiger partial charge >= 0.3 is 0 Å². The van der Waals surface area contributed by atoms with Crippen LogP contribution in [-0.4, -0.2) is 44.8 Å². The fraction of sp³-hybridized carbons (Fsp3) is 0.636. The van der Waals surface area contributed by atoms with E-state index in [4.69, 9.17) is 10.5 Å². The van der Waals surface area contributed by atoms with E-state index in [1.807, 2.05) is 11.3 Å². The summed E-state index contributed by atoms with van der Waals surface area (Å²) in [5.74, 6) is 0. The van der Waals surface area contributed by atoms with E-state index in [0.29, 0.717) is 6.54 Å². The van der Waals surface area contributed by atoms with Crippen molar-refractivity contribution in [2.75, 3.05) is 33.8 Å². The summed E-state index contributed by atoms with van der Waals surface area (Å²) in [6, 6.07) is 4.27. The van der Waals surface area contributed by atoms with Crippen LogP contribution in [0.4, 0.5) is 0 Å². The normalized spacial score (nSPS) is 13.3. The van der Waals surface area contributed by atoms with E-state index >= 15 is 0 Å². The van der Waals surface area contributed by atoms with Gasteiger partial charge in [0.2, 0.25) is 0 Å². The Morgan fingerprint density at radius 1 is 1.60 bits per heavy atom. The second kappa shape index (κ2) is 6.95. The summed E-state index contributed by atoms with van der Waals surface area (Å²) in [7, 11) is 3.82. The Labute approximate surface area is 95.8 Å². The van der Waals surface area contributed by atoms with Gasteiger partial charge in [-0.3, -0.25) is 0 Å². The van der Waals surface area contributed by atoms with Crippen LogP contribution in [0.5, 0.6) is 0 Å². The Hall–Kier alpha value is -0.420. The van der Waals surface area contributed by atoms with Gasteiger partial charge in [0.15, 0.2) is 0 Å². The SMILES string of the molecule is COC(CN)CN(C)CCc1cccs1. The molecule has 0 aliphatic carbocycles. The zero-order chi connectivity index (χ0) is 11.1. The van der Waals surface area contributed by atoms with E-state index in [9.17, 15) is 0 Å². The van der Waals surface area contributed by atoms with E-state index in [-0.39, 0.29) is 6.10 Å². The molecule has 0 aliphatic heterocycles. The number of rotatable bonds is 7. The molecule has 0 aromatic carbocycles. The highest BCUT2D eigenvalue weighted by molar-refractivity contribution is 7.09. The molecule has 1 aromatic heterocycles. The molecule has 1 heterocycles. The monoisotopic (exact) mass is 228 g/mol. The minimum atomic E-state index is 0.151. The van der Waals surface area contributed by atoms with Crippen molar-refractivity contribution in [3.63, 3.8) is 0 Å². The summed E-state index contributed by atoms with van der Waals surface area (Å²) in [5, 5.41) is 2.12. The second-order valence-electron chi connectivity index (χ2n) is 3.69. The van der Waals surface area contributed by atoms with Gasteiger partial charge in [0.05, 0.1) is 6.10 Å². The van der Waals surface area contributed by atoms with Crippen LogP contribution in [0.3, 0.4) is 0 Å². The number of nitrogens with zero attached hydrogens (tertiary/aromatic N) is 1. The molecule has 0 bridgehead atoms. The molecule has 0 fully saturated rings. The van der Waals surface area contributed by atoms with Crippen molar-refractivity contribution >= 4 is 11.3 Å². The summed E-state index contributed by atoms with van der Waals surface area (Å²) < 4.78 is 5.24. The highest BCUT2D eigenvalue weighted by atomic mass is 32.1. The summed E-state index contributed by atoms with van der Waals surface area (Å²) in [5.41, 5.74) is 5.57. The third kappa shape index (κ3) is 4.75. The zero-order valence-corrected chi connectivity index (χ0v) is 10.3. The number of ether oxygens (including phenoxy) is 1.